The average molecular weight is 206 g/mol. The van der Waals surface area contributed by atoms with Crippen LogP contribution in [0.1, 0.15) is 13.3 Å². The highest BCUT2D eigenvalue weighted by atomic mass is 19.1. The molecule has 0 fully saturated rings. The molecule has 0 aliphatic carbocycles. The monoisotopic (exact) mass is 206 g/mol. The van der Waals surface area contributed by atoms with Crippen LogP contribution in [0.3, 0.4) is 0 Å². The van der Waals surface area contributed by atoms with Crippen molar-refractivity contribution in [1.29, 1.82) is 0 Å². The number of hydrogen-bond donors (Lipinski definition) is 0. The number of aromatic nitrogens is 2. The molecule has 0 saturated heterocycles. The van der Waals surface area contributed by atoms with Crippen molar-refractivity contribution < 1.29 is 4.39 Å². The number of hydrogen-bond acceptors (Lipinski definition) is 2. The molecular weight excluding hydrogens is 195 g/mol. The molecule has 4 heteroatoms. The molecule has 0 spiro atoms. The van der Waals surface area contributed by atoms with E-state index in [-0.39, 0.29) is 11.4 Å². The molecule has 0 aliphatic heterocycles. The van der Waals surface area contributed by atoms with Gasteiger partial charge in [-0.1, -0.05) is 6.92 Å². The largest absolute Gasteiger partial charge is 0.305 e. The van der Waals surface area contributed by atoms with Crippen LogP contribution in [-0.2, 0) is 6.54 Å². The molecule has 0 unspecified atom stereocenters. The first-order valence-electron chi connectivity index (χ1n) is 4.87. The number of halogens is 1. The molecule has 0 N–H and O–H groups in total. The van der Waals surface area contributed by atoms with Crippen molar-refractivity contribution in [2.45, 2.75) is 19.9 Å². The van der Waals surface area contributed by atoms with E-state index >= 15 is 0 Å². The second-order valence-corrected chi connectivity index (χ2v) is 3.38. The minimum absolute atomic E-state index is 0.143. The number of aryl methyl sites for hydroxylation is 1. The molecule has 0 radical (unpaired) electrons. The maximum atomic E-state index is 12.9. The van der Waals surface area contributed by atoms with Crippen LogP contribution in [-0.4, -0.2) is 9.55 Å². The summed E-state index contributed by atoms with van der Waals surface area (Å²) in [6.45, 7) is 2.62. The second-order valence-electron chi connectivity index (χ2n) is 3.38. The minimum atomic E-state index is -0.336. The van der Waals surface area contributed by atoms with Crippen molar-refractivity contribution in [3.63, 3.8) is 0 Å². The number of nitrogens with zero attached hydrogens (tertiary/aromatic N) is 2. The van der Waals surface area contributed by atoms with Crippen molar-refractivity contribution in [2.75, 3.05) is 0 Å². The summed E-state index contributed by atoms with van der Waals surface area (Å²) in [5.41, 5.74) is 1.06. The molecule has 3 nitrogen and oxygen atoms in total. The van der Waals surface area contributed by atoms with Gasteiger partial charge >= 0.3 is 0 Å². The molecule has 0 atom stereocenters. The molecule has 1 aromatic carbocycles. The Kier molecular flexibility index (Phi) is 2.49. The van der Waals surface area contributed by atoms with Gasteiger partial charge in [0.05, 0.1) is 17.2 Å². The van der Waals surface area contributed by atoms with Crippen molar-refractivity contribution >= 4 is 11.0 Å². The van der Waals surface area contributed by atoms with E-state index in [4.69, 9.17) is 0 Å². The van der Waals surface area contributed by atoms with E-state index < -0.39 is 0 Å². The van der Waals surface area contributed by atoms with Gasteiger partial charge in [0.2, 0.25) is 0 Å². The number of fused-ring (bicyclic) bond motifs is 1. The van der Waals surface area contributed by atoms with Gasteiger partial charge in [-0.25, -0.2) is 9.37 Å². The highest BCUT2D eigenvalue weighted by Gasteiger charge is 2.03. The van der Waals surface area contributed by atoms with E-state index in [0.29, 0.717) is 17.6 Å². The average Bonchev–Trinajstić information content (AvgIpc) is 2.22. The lowest BCUT2D eigenvalue weighted by Crippen LogP contribution is -2.20. The highest BCUT2D eigenvalue weighted by molar-refractivity contribution is 5.74. The van der Waals surface area contributed by atoms with Crippen LogP contribution < -0.4 is 5.56 Å². The standard InChI is InChI=1S/C11H11FN2O/c1-2-5-14-10-4-3-8(12)6-9(10)13-7-11(14)15/h3-4,6-7H,2,5H2,1H3. The van der Waals surface area contributed by atoms with E-state index in [1.54, 1.807) is 10.6 Å². The fourth-order valence-electron chi connectivity index (χ4n) is 1.60. The Morgan fingerprint density at radius 2 is 2.27 bits per heavy atom. The third-order valence-electron chi connectivity index (χ3n) is 2.26. The zero-order valence-electron chi connectivity index (χ0n) is 8.40. The van der Waals surface area contributed by atoms with E-state index in [0.717, 1.165) is 6.42 Å². The Morgan fingerprint density at radius 3 is 3.00 bits per heavy atom. The van der Waals surface area contributed by atoms with Gasteiger partial charge in [-0.2, -0.15) is 0 Å². The molecule has 2 aromatic rings. The first-order chi connectivity index (χ1) is 7.22. The minimum Gasteiger partial charge on any atom is -0.305 e. The van der Waals surface area contributed by atoms with E-state index in [2.05, 4.69) is 4.98 Å². The summed E-state index contributed by atoms with van der Waals surface area (Å²) >= 11 is 0. The van der Waals surface area contributed by atoms with Crippen LogP contribution >= 0.6 is 0 Å². The van der Waals surface area contributed by atoms with Gasteiger partial charge in [-0.15, -0.1) is 0 Å². The lowest BCUT2D eigenvalue weighted by Gasteiger charge is -2.07. The van der Waals surface area contributed by atoms with Crippen molar-refractivity contribution in [1.82, 2.24) is 9.55 Å². The van der Waals surface area contributed by atoms with Gasteiger partial charge in [-0.05, 0) is 18.6 Å². The van der Waals surface area contributed by atoms with Gasteiger partial charge in [0.25, 0.3) is 5.56 Å². The van der Waals surface area contributed by atoms with Gasteiger partial charge in [0, 0.05) is 12.6 Å². The summed E-state index contributed by atoms with van der Waals surface area (Å²) in [5, 5.41) is 0. The number of rotatable bonds is 2. The first kappa shape index (κ1) is 9.83. The third kappa shape index (κ3) is 1.75. The normalized spacial score (nSPS) is 10.8. The fourth-order valence-corrected chi connectivity index (χ4v) is 1.60. The summed E-state index contributed by atoms with van der Waals surface area (Å²) in [6, 6.07) is 4.27. The summed E-state index contributed by atoms with van der Waals surface area (Å²) in [5.74, 6) is -0.336. The SMILES string of the molecule is CCCn1c(=O)cnc2cc(F)ccc21. The van der Waals surface area contributed by atoms with Crippen LogP contribution in [0.5, 0.6) is 0 Å². The van der Waals surface area contributed by atoms with Crippen LogP contribution in [0.4, 0.5) is 4.39 Å². The molecule has 1 aromatic heterocycles. The Morgan fingerprint density at radius 1 is 1.47 bits per heavy atom. The topological polar surface area (TPSA) is 34.9 Å². The van der Waals surface area contributed by atoms with Crippen molar-refractivity contribution in [2.24, 2.45) is 0 Å². The van der Waals surface area contributed by atoms with Crippen LogP contribution in [0, 0.1) is 5.82 Å². The van der Waals surface area contributed by atoms with E-state index in [1.807, 2.05) is 6.92 Å². The number of benzene rings is 1. The molecule has 1 heterocycles. The van der Waals surface area contributed by atoms with Crippen molar-refractivity contribution in [3.8, 4) is 0 Å². The highest BCUT2D eigenvalue weighted by Crippen LogP contribution is 2.11. The van der Waals surface area contributed by atoms with Crippen LogP contribution in [0.2, 0.25) is 0 Å². The summed E-state index contributed by atoms with van der Waals surface area (Å²) < 4.78 is 14.5. The zero-order valence-corrected chi connectivity index (χ0v) is 8.40. The maximum Gasteiger partial charge on any atom is 0.269 e. The quantitative estimate of drug-likeness (QED) is 0.752. The Bertz CT molecular complexity index is 548. The molecule has 0 aliphatic rings. The molecule has 0 saturated carbocycles. The molecule has 78 valence electrons. The molecular formula is C11H11FN2O. The second kappa shape index (κ2) is 3.81. The molecule has 0 amide bonds. The van der Waals surface area contributed by atoms with Gasteiger partial charge in [0.15, 0.2) is 0 Å². The predicted molar refractivity (Wildman–Crippen MR) is 56.3 cm³/mol. The fraction of sp³-hybridized carbons (Fsp3) is 0.273. The van der Waals surface area contributed by atoms with Gasteiger partial charge in [0.1, 0.15) is 5.82 Å². The summed E-state index contributed by atoms with van der Waals surface area (Å²) in [4.78, 5) is 15.4. The molecule has 2 rings (SSSR count). The van der Waals surface area contributed by atoms with Gasteiger partial charge < -0.3 is 4.57 Å². The summed E-state index contributed by atoms with van der Waals surface area (Å²) in [7, 11) is 0. The van der Waals surface area contributed by atoms with Gasteiger partial charge in [-0.3, -0.25) is 4.79 Å². The smallest absolute Gasteiger partial charge is 0.269 e. The first-order valence-corrected chi connectivity index (χ1v) is 4.87. The lowest BCUT2D eigenvalue weighted by molar-refractivity contribution is 0.627. The molecule has 15 heavy (non-hydrogen) atoms. The van der Waals surface area contributed by atoms with E-state index in [9.17, 15) is 9.18 Å². The Labute approximate surface area is 86.2 Å². The van der Waals surface area contributed by atoms with Crippen molar-refractivity contribution in [3.05, 3.63) is 40.6 Å². The lowest BCUT2D eigenvalue weighted by atomic mass is 10.3. The predicted octanol–water partition coefficient (Wildman–Crippen LogP) is 1.95. The zero-order chi connectivity index (χ0) is 10.8. The third-order valence-corrected chi connectivity index (χ3v) is 2.26. The molecule has 0 bridgehead atoms. The van der Waals surface area contributed by atoms with E-state index in [1.165, 1.54) is 18.3 Å². The van der Waals surface area contributed by atoms with Crippen LogP contribution in [0.25, 0.3) is 11.0 Å². The van der Waals surface area contributed by atoms with Crippen LogP contribution in [0.15, 0.2) is 29.2 Å². The maximum absolute atomic E-state index is 12.9. The Hall–Kier alpha value is -1.71. The Balaban J connectivity index is 2.76. The summed E-state index contributed by atoms with van der Waals surface area (Å²) in [6.07, 6.45) is 2.09.